The van der Waals surface area contributed by atoms with Crippen LogP contribution in [0, 0.1) is 5.41 Å². The van der Waals surface area contributed by atoms with Crippen LogP contribution in [0.2, 0.25) is 0 Å². The number of rotatable bonds is 4. The SMILES string of the molecule is CC(C)(CN)C(=O)Nc1nc(C2CC2)cs1. The minimum Gasteiger partial charge on any atom is -0.329 e. The Bertz CT molecular complexity index is 396. The number of nitrogens with one attached hydrogen (secondary N) is 1. The molecule has 3 N–H and O–H groups in total. The van der Waals surface area contributed by atoms with Gasteiger partial charge >= 0.3 is 0 Å². The molecule has 1 aliphatic carbocycles. The van der Waals surface area contributed by atoms with Crippen molar-refractivity contribution < 1.29 is 4.79 Å². The number of amides is 1. The summed E-state index contributed by atoms with van der Waals surface area (Å²) in [6, 6.07) is 0. The van der Waals surface area contributed by atoms with Gasteiger partial charge in [-0.1, -0.05) is 0 Å². The Morgan fingerprint density at radius 1 is 1.69 bits per heavy atom. The molecule has 5 heteroatoms. The van der Waals surface area contributed by atoms with Crippen molar-refractivity contribution in [3.05, 3.63) is 11.1 Å². The van der Waals surface area contributed by atoms with Crippen molar-refractivity contribution in [2.75, 3.05) is 11.9 Å². The fourth-order valence-corrected chi connectivity index (χ4v) is 2.06. The Morgan fingerprint density at radius 2 is 2.38 bits per heavy atom. The molecule has 0 spiro atoms. The molecule has 2 rings (SSSR count). The van der Waals surface area contributed by atoms with Crippen LogP contribution in [0.5, 0.6) is 0 Å². The highest BCUT2D eigenvalue weighted by atomic mass is 32.1. The van der Waals surface area contributed by atoms with Gasteiger partial charge in [-0.05, 0) is 26.7 Å². The van der Waals surface area contributed by atoms with Gasteiger partial charge in [0.2, 0.25) is 5.91 Å². The molecule has 0 radical (unpaired) electrons. The summed E-state index contributed by atoms with van der Waals surface area (Å²) < 4.78 is 0. The molecule has 1 saturated carbocycles. The Balaban J connectivity index is 2.00. The summed E-state index contributed by atoms with van der Waals surface area (Å²) in [5.41, 5.74) is 6.13. The zero-order chi connectivity index (χ0) is 11.8. The number of carbonyl (C=O) groups excluding carboxylic acids is 1. The molecule has 0 aliphatic heterocycles. The molecule has 1 aromatic rings. The van der Waals surface area contributed by atoms with Gasteiger partial charge in [-0.25, -0.2) is 4.98 Å². The van der Waals surface area contributed by atoms with E-state index in [0.29, 0.717) is 17.6 Å². The molecule has 4 nitrogen and oxygen atoms in total. The van der Waals surface area contributed by atoms with Gasteiger partial charge in [0, 0.05) is 17.8 Å². The van der Waals surface area contributed by atoms with E-state index in [-0.39, 0.29) is 5.91 Å². The molecule has 0 aromatic carbocycles. The maximum absolute atomic E-state index is 11.8. The lowest BCUT2D eigenvalue weighted by Crippen LogP contribution is -2.37. The first-order valence-corrected chi connectivity index (χ1v) is 6.38. The maximum Gasteiger partial charge on any atom is 0.233 e. The Labute approximate surface area is 99.3 Å². The molecule has 1 aromatic heterocycles. The first-order valence-electron chi connectivity index (χ1n) is 5.50. The standard InChI is InChI=1S/C11H17N3OS/c1-11(2,6-12)9(15)14-10-13-8(5-16-10)7-3-4-7/h5,7H,3-4,6,12H2,1-2H3,(H,13,14,15). The van der Waals surface area contributed by atoms with Gasteiger partial charge in [0.05, 0.1) is 11.1 Å². The number of thiazole rings is 1. The predicted octanol–water partition coefficient (Wildman–Crippen LogP) is 1.94. The molecule has 1 heterocycles. The minimum atomic E-state index is -0.536. The highest BCUT2D eigenvalue weighted by Gasteiger charge is 2.28. The van der Waals surface area contributed by atoms with Crippen LogP contribution in [-0.4, -0.2) is 17.4 Å². The van der Waals surface area contributed by atoms with Crippen molar-refractivity contribution in [3.63, 3.8) is 0 Å². The van der Waals surface area contributed by atoms with Gasteiger partial charge in [0.15, 0.2) is 5.13 Å². The van der Waals surface area contributed by atoms with Gasteiger partial charge < -0.3 is 11.1 Å². The van der Waals surface area contributed by atoms with Crippen LogP contribution in [0.4, 0.5) is 5.13 Å². The molecule has 16 heavy (non-hydrogen) atoms. The number of anilines is 1. The van der Waals surface area contributed by atoms with Crippen LogP contribution in [0.15, 0.2) is 5.38 Å². The second-order valence-corrected chi connectivity index (χ2v) is 5.75. The van der Waals surface area contributed by atoms with E-state index in [1.165, 1.54) is 24.2 Å². The summed E-state index contributed by atoms with van der Waals surface area (Å²) in [5.74, 6) is 0.566. The van der Waals surface area contributed by atoms with E-state index < -0.39 is 5.41 Å². The fraction of sp³-hybridized carbons (Fsp3) is 0.636. The monoisotopic (exact) mass is 239 g/mol. The van der Waals surface area contributed by atoms with Crippen molar-refractivity contribution in [1.82, 2.24) is 4.98 Å². The second kappa shape index (κ2) is 4.14. The molecule has 0 saturated heterocycles. The summed E-state index contributed by atoms with van der Waals surface area (Å²) in [6.07, 6.45) is 2.46. The largest absolute Gasteiger partial charge is 0.329 e. The number of nitrogens with two attached hydrogens (primary N) is 1. The molecule has 0 bridgehead atoms. The van der Waals surface area contributed by atoms with Crippen LogP contribution < -0.4 is 11.1 Å². The van der Waals surface area contributed by atoms with Gasteiger partial charge in [0.1, 0.15) is 0 Å². The zero-order valence-electron chi connectivity index (χ0n) is 9.62. The van der Waals surface area contributed by atoms with Crippen LogP contribution >= 0.6 is 11.3 Å². The van der Waals surface area contributed by atoms with Crippen LogP contribution in [0.1, 0.15) is 38.3 Å². The van der Waals surface area contributed by atoms with Gasteiger partial charge in [0.25, 0.3) is 0 Å². The third kappa shape index (κ3) is 2.41. The van der Waals surface area contributed by atoms with E-state index in [1.54, 1.807) is 0 Å². The van der Waals surface area contributed by atoms with Crippen LogP contribution in [-0.2, 0) is 4.79 Å². The number of hydrogen-bond acceptors (Lipinski definition) is 4. The molecular weight excluding hydrogens is 222 g/mol. The quantitative estimate of drug-likeness (QED) is 0.843. The lowest BCUT2D eigenvalue weighted by atomic mass is 9.93. The van der Waals surface area contributed by atoms with E-state index in [1.807, 2.05) is 19.2 Å². The molecule has 1 amide bonds. The van der Waals surface area contributed by atoms with Crippen molar-refractivity contribution in [3.8, 4) is 0 Å². The first kappa shape index (κ1) is 11.5. The number of carbonyl (C=O) groups is 1. The van der Waals surface area contributed by atoms with E-state index >= 15 is 0 Å². The number of aromatic nitrogens is 1. The van der Waals surface area contributed by atoms with Crippen molar-refractivity contribution in [1.29, 1.82) is 0 Å². The predicted molar refractivity (Wildman–Crippen MR) is 65.6 cm³/mol. The van der Waals surface area contributed by atoms with E-state index in [2.05, 4.69) is 10.3 Å². The van der Waals surface area contributed by atoms with Crippen molar-refractivity contribution in [2.45, 2.75) is 32.6 Å². The normalized spacial score (nSPS) is 16.2. The Kier molecular flexibility index (Phi) is 2.99. The molecule has 88 valence electrons. The lowest BCUT2D eigenvalue weighted by molar-refractivity contribution is -0.123. The third-order valence-corrected chi connectivity index (χ3v) is 3.64. The van der Waals surface area contributed by atoms with Gasteiger partial charge in [-0.2, -0.15) is 0 Å². The number of hydrogen-bond donors (Lipinski definition) is 2. The smallest absolute Gasteiger partial charge is 0.233 e. The summed E-state index contributed by atoms with van der Waals surface area (Å²) in [7, 11) is 0. The van der Waals surface area contributed by atoms with Crippen LogP contribution in [0.25, 0.3) is 0 Å². The highest BCUT2D eigenvalue weighted by Crippen LogP contribution is 2.40. The molecule has 0 atom stereocenters. The maximum atomic E-state index is 11.8. The first-order chi connectivity index (χ1) is 7.53. The highest BCUT2D eigenvalue weighted by molar-refractivity contribution is 7.13. The molecule has 1 fully saturated rings. The Hall–Kier alpha value is -0.940. The number of nitrogens with zero attached hydrogens (tertiary/aromatic N) is 1. The fourth-order valence-electron chi connectivity index (χ4n) is 1.27. The molecular formula is C11H17N3OS. The topological polar surface area (TPSA) is 68.0 Å². The third-order valence-electron chi connectivity index (χ3n) is 2.86. The second-order valence-electron chi connectivity index (χ2n) is 4.89. The van der Waals surface area contributed by atoms with E-state index in [9.17, 15) is 4.79 Å². The van der Waals surface area contributed by atoms with Crippen molar-refractivity contribution >= 4 is 22.4 Å². The lowest BCUT2D eigenvalue weighted by Gasteiger charge is -2.19. The average Bonchev–Trinajstić information content (AvgIpc) is 3.00. The summed E-state index contributed by atoms with van der Waals surface area (Å²) in [6.45, 7) is 4.00. The Morgan fingerprint density at radius 3 is 2.94 bits per heavy atom. The van der Waals surface area contributed by atoms with Gasteiger partial charge in [-0.15, -0.1) is 11.3 Å². The minimum absolute atomic E-state index is 0.0632. The average molecular weight is 239 g/mol. The van der Waals surface area contributed by atoms with Crippen LogP contribution in [0.3, 0.4) is 0 Å². The van der Waals surface area contributed by atoms with E-state index in [0.717, 1.165) is 5.69 Å². The summed E-state index contributed by atoms with van der Waals surface area (Å²) in [4.78, 5) is 16.2. The molecule has 1 aliphatic rings. The summed E-state index contributed by atoms with van der Waals surface area (Å²) in [5, 5.41) is 5.54. The van der Waals surface area contributed by atoms with Gasteiger partial charge in [-0.3, -0.25) is 4.79 Å². The van der Waals surface area contributed by atoms with E-state index in [4.69, 9.17) is 5.73 Å². The van der Waals surface area contributed by atoms with Crippen molar-refractivity contribution in [2.24, 2.45) is 11.1 Å². The molecule has 0 unspecified atom stereocenters. The zero-order valence-corrected chi connectivity index (χ0v) is 10.4. The summed E-state index contributed by atoms with van der Waals surface area (Å²) >= 11 is 1.49.